The Bertz CT molecular complexity index is 1140. The lowest BCUT2D eigenvalue weighted by Gasteiger charge is -2.71. The maximum absolute atomic E-state index is 14.8. The number of hydrogen-bond acceptors (Lipinski definition) is 5. The molecule has 0 spiro atoms. The second kappa shape index (κ2) is 12.0. The van der Waals surface area contributed by atoms with E-state index in [0.29, 0.717) is 56.6 Å². The Labute approximate surface area is 269 Å². The molecule has 44 heavy (non-hydrogen) atoms. The van der Waals surface area contributed by atoms with Gasteiger partial charge in [-0.05, 0) is 111 Å². The Morgan fingerprint density at radius 3 is 2.20 bits per heavy atom. The topological polar surface area (TPSA) is 60.4 Å². The highest BCUT2D eigenvalue weighted by Crippen LogP contribution is 2.75. The van der Waals surface area contributed by atoms with Gasteiger partial charge in [-0.2, -0.15) is 0 Å². The predicted octanol–water partition coefficient (Wildman–Crippen LogP) is 8.30. The number of hydrogen-bond donors (Lipinski definition) is 0. The quantitative estimate of drug-likeness (QED) is 0.194. The Kier molecular flexibility index (Phi) is 9.26. The van der Waals surface area contributed by atoms with Crippen molar-refractivity contribution in [3.05, 3.63) is 11.6 Å². The van der Waals surface area contributed by atoms with Crippen LogP contribution in [0.3, 0.4) is 0 Å². The zero-order valence-electron chi connectivity index (χ0n) is 29.9. The first-order valence-corrected chi connectivity index (χ1v) is 17.8. The van der Waals surface area contributed by atoms with Crippen molar-refractivity contribution in [2.24, 2.45) is 55.4 Å². The Morgan fingerprint density at radius 1 is 0.909 bits per heavy atom. The summed E-state index contributed by atoms with van der Waals surface area (Å²) in [6, 6.07) is 0. The molecule has 4 saturated carbocycles. The molecule has 0 aliphatic heterocycles. The van der Waals surface area contributed by atoms with Gasteiger partial charge in [0.25, 0.3) is 0 Å². The van der Waals surface area contributed by atoms with Crippen LogP contribution in [0.4, 0.5) is 0 Å². The summed E-state index contributed by atoms with van der Waals surface area (Å²) in [5, 5.41) is 4.66. The van der Waals surface area contributed by atoms with Crippen molar-refractivity contribution >= 4 is 11.6 Å². The van der Waals surface area contributed by atoms with Crippen LogP contribution >= 0.6 is 0 Å². The smallest absolute Gasteiger partial charge is 0.229 e. The molecule has 250 valence electrons. The van der Waals surface area contributed by atoms with Gasteiger partial charge in [0.15, 0.2) is 0 Å². The molecular formula is C38H64N2O4. The zero-order chi connectivity index (χ0) is 32.2. The molecule has 4 fully saturated rings. The lowest BCUT2D eigenvalue weighted by atomic mass is 9.33. The van der Waals surface area contributed by atoms with Crippen LogP contribution in [0.25, 0.3) is 0 Å². The third-order valence-corrected chi connectivity index (χ3v) is 14.6. The Morgan fingerprint density at radius 2 is 1.57 bits per heavy atom. The van der Waals surface area contributed by atoms with Gasteiger partial charge >= 0.3 is 0 Å². The fraction of sp³-hybridized carbons (Fsp3) is 0.895. The SMILES string of the molecule is CCO/N=C1\CC[C@@]2(C)C(CC[C@]3(C)C2CC=C2C4CC(C)(C)CC[C@]4(C(=O)N(CCOC)CCOC)CC[C@]23C)C1(C)C. The molecule has 0 N–H and O–H groups in total. The second-order valence-electron chi connectivity index (χ2n) is 17.3. The summed E-state index contributed by atoms with van der Waals surface area (Å²) in [6.07, 6.45) is 13.9. The van der Waals surface area contributed by atoms with Crippen LogP contribution in [0.1, 0.15) is 120 Å². The van der Waals surface area contributed by atoms with E-state index in [1.807, 2.05) is 6.92 Å². The molecule has 0 bridgehead atoms. The van der Waals surface area contributed by atoms with Crippen molar-refractivity contribution in [3.63, 3.8) is 0 Å². The number of allylic oxidation sites excluding steroid dienone is 2. The summed E-state index contributed by atoms with van der Waals surface area (Å²) in [5.41, 5.74) is 3.46. The van der Waals surface area contributed by atoms with Gasteiger partial charge in [0.05, 0.1) is 24.3 Å². The van der Waals surface area contributed by atoms with Gasteiger partial charge in [-0.15, -0.1) is 0 Å². The standard InChI is InChI=1S/C38H64N2O4/c1-11-44-39-31-15-16-35(6)29(34(31,4)5)14-17-37(8)30(35)13-12-27-28-26-33(2,3)18-20-38(28,21-19-36(27,37)7)32(41)40(22-24-42-9)23-25-43-10/h12,28-30H,11,13-26H2,1-10H3/b39-31+/t28?,29?,30?,35-,36+,37+,38-/m0/s1. The van der Waals surface area contributed by atoms with E-state index < -0.39 is 0 Å². The van der Waals surface area contributed by atoms with E-state index in [1.54, 1.807) is 19.8 Å². The van der Waals surface area contributed by atoms with Gasteiger partial charge in [-0.1, -0.05) is 65.3 Å². The number of amides is 1. The molecule has 0 radical (unpaired) electrons. The minimum atomic E-state index is -0.315. The predicted molar refractivity (Wildman–Crippen MR) is 178 cm³/mol. The van der Waals surface area contributed by atoms with Crippen LogP contribution in [0.2, 0.25) is 0 Å². The Balaban J connectivity index is 1.53. The van der Waals surface area contributed by atoms with Crippen molar-refractivity contribution in [3.8, 4) is 0 Å². The Hall–Kier alpha value is -1.40. The van der Waals surface area contributed by atoms with Gasteiger partial charge in [-0.25, -0.2) is 0 Å². The molecule has 5 aliphatic rings. The lowest BCUT2D eigenvalue weighted by Crippen LogP contribution is -2.65. The first-order chi connectivity index (χ1) is 20.7. The number of fused-ring (bicyclic) bond motifs is 7. The minimum absolute atomic E-state index is 0.0454. The van der Waals surface area contributed by atoms with Gasteiger partial charge < -0.3 is 19.2 Å². The van der Waals surface area contributed by atoms with Gasteiger partial charge in [-0.3, -0.25) is 4.79 Å². The highest BCUT2D eigenvalue weighted by atomic mass is 16.6. The third kappa shape index (κ3) is 5.11. The fourth-order valence-corrected chi connectivity index (χ4v) is 11.8. The van der Waals surface area contributed by atoms with Crippen molar-refractivity contribution in [2.75, 3.05) is 47.1 Å². The first kappa shape index (κ1) is 33.9. The van der Waals surface area contributed by atoms with Gasteiger partial charge in [0.2, 0.25) is 5.91 Å². The van der Waals surface area contributed by atoms with Crippen LogP contribution in [-0.2, 0) is 19.1 Å². The molecule has 3 unspecified atom stereocenters. The average molecular weight is 613 g/mol. The van der Waals surface area contributed by atoms with Gasteiger partial charge in [0.1, 0.15) is 6.61 Å². The highest BCUT2D eigenvalue weighted by molar-refractivity contribution is 5.90. The number of rotatable bonds is 9. The molecule has 0 aromatic heterocycles. The number of ether oxygens (including phenoxy) is 2. The second-order valence-corrected chi connectivity index (χ2v) is 17.3. The normalized spacial score (nSPS) is 41.5. The van der Waals surface area contributed by atoms with E-state index >= 15 is 0 Å². The summed E-state index contributed by atoms with van der Waals surface area (Å²) in [6.45, 7) is 22.7. The number of methoxy groups -OCH3 is 2. The minimum Gasteiger partial charge on any atom is -0.396 e. The summed E-state index contributed by atoms with van der Waals surface area (Å²) < 4.78 is 10.9. The summed E-state index contributed by atoms with van der Waals surface area (Å²) in [4.78, 5) is 22.5. The van der Waals surface area contributed by atoms with Crippen LogP contribution in [-0.4, -0.2) is 63.6 Å². The van der Waals surface area contributed by atoms with Crippen molar-refractivity contribution < 1.29 is 19.1 Å². The maximum atomic E-state index is 14.8. The average Bonchev–Trinajstić information content (AvgIpc) is 2.96. The van der Waals surface area contributed by atoms with E-state index in [0.717, 1.165) is 44.9 Å². The van der Waals surface area contributed by atoms with Crippen LogP contribution in [0.5, 0.6) is 0 Å². The molecule has 0 aromatic rings. The van der Waals surface area contributed by atoms with E-state index in [1.165, 1.54) is 25.0 Å². The van der Waals surface area contributed by atoms with Crippen molar-refractivity contribution in [1.82, 2.24) is 4.90 Å². The number of oxime groups is 1. The number of carbonyl (C=O) groups excluding carboxylic acids is 1. The van der Waals surface area contributed by atoms with Crippen LogP contribution in [0.15, 0.2) is 16.8 Å². The van der Waals surface area contributed by atoms with Crippen LogP contribution in [0, 0.1) is 50.2 Å². The van der Waals surface area contributed by atoms with E-state index in [-0.39, 0.29) is 32.5 Å². The van der Waals surface area contributed by atoms with Crippen molar-refractivity contribution in [2.45, 2.75) is 120 Å². The molecule has 6 nitrogen and oxygen atoms in total. The van der Waals surface area contributed by atoms with Crippen molar-refractivity contribution in [1.29, 1.82) is 0 Å². The summed E-state index contributed by atoms with van der Waals surface area (Å²) in [5.74, 6) is 1.90. The first-order valence-electron chi connectivity index (χ1n) is 17.8. The zero-order valence-corrected chi connectivity index (χ0v) is 29.9. The van der Waals surface area contributed by atoms with E-state index in [2.05, 4.69) is 64.6 Å². The monoisotopic (exact) mass is 612 g/mol. The lowest BCUT2D eigenvalue weighted by molar-refractivity contribution is -0.175. The van der Waals surface area contributed by atoms with E-state index in [4.69, 9.17) is 14.3 Å². The fourth-order valence-electron chi connectivity index (χ4n) is 11.8. The summed E-state index contributed by atoms with van der Waals surface area (Å²) in [7, 11) is 3.46. The molecule has 7 atom stereocenters. The highest BCUT2D eigenvalue weighted by Gasteiger charge is 2.69. The molecule has 6 heteroatoms. The van der Waals surface area contributed by atoms with E-state index in [9.17, 15) is 4.79 Å². The number of nitrogens with zero attached hydrogens (tertiary/aromatic N) is 2. The molecule has 1 amide bonds. The largest absolute Gasteiger partial charge is 0.396 e. The molecule has 0 saturated heterocycles. The summed E-state index contributed by atoms with van der Waals surface area (Å²) >= 11 is 0. The van der Waals surface area contributed by atoms with Crippen LogP contribution < -0.4 is 0 Å². The molecular weight excluding hydrogens is 548 g/mol. The molecule has 5 aliphatic carbocycles. The molecule has 0 heterocycles. The number of carbonyl (C=O) groups is 1. The third-order valence-electron chi connectivity index (χ3n) is 14.6. The molecule has 5 rings (SSSR count). The molecule has 0 aromatic carbocycles. The maximum Gasteiger partial charge on any atom is 0.229 e. The van der Waals surface area contributed by atoms with Gasteiger partial charge in [0, 0.05) is 32.7 Å².